The summed E-state index contributed by atoms with van der Waals surface area (Å²) in [6.45, 7) is 4.80. The van der Waals surface area contributed by atoms with E-state index in [0.717, 1.165) is 39.3 Å². The van der Waals surface area contributed by atoms with Crippen molar-refractivity contribution in [3.05, 3.63) is 60.2 Å². The summed E-state index contributed by atoms with van der Waals surface area (Å²) in [5.41, 5.74) is 10.0. The fourth-order valence-corrected chi connectivity index (χ4v) is 2.87. The maximum atomic E-state index is 6.34. The Morgan fingerprint density at radius 2 is 1.55 bits per heavy atom. The number of nitrogens with two attached hydrogens (primary N) is 1. The van der Waals surface area contributed by atoms with Crippen molar-refractivity contribution in [1.29, 1.82) is 0 Å². The molecule has 3 nitrogen and oxygen atoms in total. The van der Waals surface area contributed by atoms with Crippen LogP contribution in [0.4, 0.5) is 0 Å². The second kappa shape index (κ2) is 7.54. The Kier molecular flexibility index (Phi) is 5.22. The van der Waals surface area contributed by atoms with E-state index >= 15 is 0 Å². The van der Waals surface area contributed by atoms with E-state index < -0.39 is 0 Å². The van der Waals surface area contributed by atoms with Crippen LogP contribution in [0.25, 0.3) is 11.1 Å². The number of hydrogen-bond donors (Lipinski definition) is 1. The first-order valence-electron chi connectivity index (χ1n) is 8.04. The molecule has 2 N–H and O–H groups in total. The first kappa shape index (κ1) is 15.2. The van der Waals surface area contributed by atoms with Crippen molar-refractivity contribution in [1.82, 2.24) is 4.90 Å². The van der Waals surface area contributed by atoms with Crippen LogP contribution in [0.2, 0.25) is 0 Å². The van der Waals surface area contributed by atoms with Crippen LogP contribution in [0.15, 0.2) is 54.6 Å². The van der Waals surface area contributed by atoms with Gasteiger partial charge in [0.25, 0.3) is 0 Å². The number of morpholine rings is 1. The standard InChI is InChI=1S/C19H24N2O/c20-19(10-11-21-12-14-22-15-13-21)18-8-6-17(7-9-18)16-4-2-1-3-5-16/h1-9,19H,10-15,20H2. The van der Waals surface area contributed by atoms with Gasteiger partial charge in [0, 0.05) is 25.7 Å². The SMILES string of the molecule is NC(CCN1CCOCC1)c1ccc(-c2ccccc2)cc1. The summed E-state index contributed by atoms with van der Waals surface area (Å²) < 4.78 is 5.37. The molecule has 0 spiro atoms. The summed E-state index contributed by atoms with van der Waals surface area (Å²) in [4.78, 5) is 2.43. The molecule has 0 bridgehead atoms. The summed E-state index contributed by atoms with van der Waals surface area (Å²) in [6, 6.07) is 19.2. The van der Waals surface area contributed by atoms with Gasteiger partial charge < -0.3 is 10.5 Å². The Bertz CT molecular complexity index is 562. The van der Waals surface area contributed by atoms with Crippen LogP contribution in [-0.2, 0) is 4.74 Å². The zero-order chi connectivity index (χ0) is 15.2. The maximum absolute atomic E-state index is 6.34. The second-order valence-electron chi connectivity index (χ2n) is 5.84. The van der Waals surface area contributed by atoms with Crippen LogP contribution >= 0.6 is 0 Å². The minimum atomic E-state index is 0.104. The lowest BCUT2D eigenvalue weighted by atomic mass is 9.99. The zero-order valence-electron chi connectivity index (χ0n) is 12.9. The third-order valence-electron chi connectivity index (χ3n) is 4.31. The molecule has 1 atom stereocenters. The normalized spacial score (nSPS) is 17.3. The summed E-state index contributed by atoms with van der Waals surface area (Å²) >= 11 is 0. The van der Waals surface area contributed by atoms with E-state index in [4.69, 9.17) is 10.5 Å². The van der Waals surface area contributed by atoms with Crippen LogP contribution in [0.5, 0.6) is 0 Å². The lowest BCUT2D eigenvalue weighted by molar-refractivity contribution is 0.0366. The molecule has 2 aromatic rings. The molecule has 1 heterocycles. The minimum absolute atomic E-state index is 0.104. The summed E-state index contributed by atoms with van der Waals surface area (Å²) in [5.74, 6) is 0. The van der Waals surface area contributed by atoms with E-state index in [1.165, 1.54) is 16.7 Å². The highest BCUT2D eigenvalue weighted by Gasteiger charge is 2.13. The Morgan fingerprint density at radius 3 is 2.23 bits per heavy atom. The predicted octanol–water partition coefficient (Wildman–Crippen LogP) is 3.08. The number of rotatable bonds is 5. The Morgan fingerprint density at radius 1 is 0.909 bits per heavy atom. The fraction of sp³-hybridized carbons (Fsp3) is 0.368. The van der Waals surface area contributed by atoms with Crippen LogP contribution in [-0.4, -0.2) is 37.7 Å². The smallest absolute Gasteiger partial charge is 0.0594 e. The molecule has 1 fully saturated rings. The molecular formula is C19H24N2O. The fourth-order valence-electron chi connectivity index (χ4n) is 2.87. The number of ether oxygens (including phenoxy) is 1. The second-order valence-corrected chi connectivity index (χ2v) is 5.84. The number of hydrogen-bond acceptors (Lipinski definition) is 3. The Labute approximate surface area is 132 Å². The van der Waals surface area contributed by atoms with Gasteiger partial charge in [-0.15, -0.1) is 0 Å². The van der Waals surface area contributed by atoms with Crippen LogP contribution in [0.1, 0.15) is 18.0 Å². The van der Waals surface area contributed by atoms with Gasteiger partial charge in [0.1, 0.15) is 0 Å². The van der Waals surface area contributed by atoms with Crippen molar-refractivity contribution in [2.45, 2.75) is 12.5 Å². The van der Waals surface area contributed by atoms with Crippen molar-refractivity contribution in [2.24, 2.45) is 5.73 Å². The van der Waals surface area contributed by atoms with Crippen LogP contribution < -0.4 is 5.73 Å². The molecule has 0 radical (unpaired) electrons. The van der Waals surface area contributed by atoms with Crippen LogP contribution in [0, 0.1) is 0 Å². The van der Waals surface area contributed by atoms with Crippen molar-refractivity contribution < 1.29 is 4.74 Å². The third kappa shape index (κ3) is 3.95. The van der Waals surface area contributed by atoms with E-state index in [0.29, 0.717) is 0 Å². The highest BCUT2D eigenvalue weighted by molar-refractivity contribution is 5.63. The van der Waals surface area contributed by atoms with Crippen LogP contribution in [0.3, 0.4) is 0 Å². The molecule has 3 heteroatoms. The first-order chi connectivity index (χ1) is 10.8. The van der Waals surface area contributed by atoms with Crippen molar-refractivity contribution in [2.75, 3.05) is 32.8 Å². The Hall–Kier alpha value is -1.68. The zero-order valence-corrected chi connectivity index (χ0v) is 12.9. The first-order valence-corrected chi connectivity index (χ1v) is 8.04. The average Bonchev–Trinajstić information content (AvgIpc) is 2.61. The summed E-state index contributed by atoms with van der Waals surface area (Å²) in [7, 11) is 0. The van der Waals surface area contributed by atoms with Crippen molar-refractivity contribution in [3.8, 4) is 11.1 Å². The lowest BCUT2D eigenvalue weighted by Gasteiger charge is -2.27. The molecule has 1 unspecified atom stereocenters. The average molecular weight is 296 g/mol. The van der Waals surface area contributed by atoms with Gasteiger partial charge in [0.15, 0.2) is 0 Å². The molecule has 3 rings (SSSR count). The predicted molar refractivity (Wildman–Crippen MR) is 90.7 cm³/mol. The molecule has 22 heavy (non-hydrogen) atoms. The van der Waals surface area contributed by atoms with Gasteiger partial charge in [-0.1, -0.05) is 54.6 Å². The van der Waals surface area contributed by atoms with Gasteiger partial charge >= 0.3 is 0 Å². The molecular weight excluding hydrogens is 272 g/mol. The molecule has 0 aromatic heterocycles. The van der Waals surface area contributed by atoms with E-state index in [1.54, 1.807) is 0 Å². The quantitative estimate of drug-likeness (QED) is 0.921. The molecule has 0 saturated carbocycles. The monoisotopic (exact) mass is 296 g/mol. The molecule has 116 valence electrons. The molecule has 2 aromatic carbocycles. The minimum Gasteiger partial charge on any atom is -0.379 e. The van der Waals surface area contributed by atoms with Gasteiger partial charge in [-0.25, -0.2) is 0 Å². The molecule has 0 amide bonds. The molecule has 1 aliphatic rings. The third-order valence-corrected chi connectivity index (χ3v) is 4.31. The highest BCUT2D eigenvalue weighted by atomic mass is 16.5. The topological polar surface area (TPSA) is 38.5 Å². The van der Waals surface area contributed by atoms with Gasteiger partial charge in [-0.3, -0.25) is 4.90 Å². The van der Waals surface area contributed by atoms with Gasteiger partial charge in [-0.05, 0) is 23.1 Å². The molecule has 1 aliphatic heterocycles. The summed E-state index contributed by atoms with van der Waals surface area (Å²) in [6.07, 6.45) is 0.991. The van der Waals surface area contributed by atoms with E-state index in [1.807, 2.05) is 6.07 Å². The number of nitrogens with zero attached hydrogens (tertiary/aromatic N) is 1. The van der Waals surface area contributed by atoms with E-state index in [-0.39, 0.29) is 6.04 Å². The van der Waals surface area contributed by atoms with Crippen molar-refractivity contribution in [3.63, 3.8) is 0 Å². The van der Waals surface area contributed by atoms with Crippen molar-refractivity contribution >= 4 is 0 Å². The van der Waals surface area contributed by atoms with Gasteiger partial charge in [0.2, 0.25) is 0 Å². The lowest BCUT2D eigenvalue weighted by Crippen LogP contribution is -2.37. The molecule has 1 saturated heterocycles. The van der Waals surface area contributed by atoms with E-state index in [2.05, 4.69) is 53.4 Å². The maximum Gasteiger partial charge on any atom is 0.0594 e. The largest absolute Gasteiger partial charge is 0.379 e. The Balaban J connectivity index is 1.57. The number of benzene rings is 2. The summed E-state index contributed by atoms with van der Waals surface area (Å²) in [5, 5.41) is 0. The molecule has 0 aliphatic carbocycles. The van der Waals surface area contributed by atoms with Gasteiger partial charge in [0.05, 0.1) is 13.2 Å². The van der Waals surface area contributed by atoms with E-state index in [9.17, 15) is 0 Å². The highest BCUT2D eigenvalue weighted by Crippen LogP contribution is 2.22. The van der Waals surface area contributed by atoms with Gasteiger partial charge in [-0.2, -0.15) is 0 Å².